The monoisotopic (exact) mass is 189 g/mol. The van der Waals surface area contributed by atoms with E-state index in [4.69, 9.17) is 0 Å². The Morgan fingerprint density at radius 3 is 2.86 bits per heavy atom. The van der Waals surface area contributed by atoms with Crippen molar-refractivity contribution in [3.63, 3.8) is 0 Å². The van der Waals surface area contributed by atoms with E-state index in [0.29, 0.717) is 0 Å². The summed E-state index contributed by atoms with van der Waals surface area (Å²) in [5, 5.41) is 0. The first-order valence-corrected chi connectivity index (χ1v) is 5.26. The Bertz CT molecular complexity index is 318. The van der Waals surface area contributed by atoms with Gasteiger partial charge in [0.15, 0.2) is 0 Å². The molecule has 1 nitrogen and oxygen atoms in total. The lowest BCUT2D eigenvalue weighted by Gasteiger charge is -2.00. The molecule has 1 N–H and O–H groups in total. The second-order valence-electron chi connectivity index (χ2n) is 3.39. The molecule has 0 saturated heterocycles. The van der Waals surface area contributed by atoms with Crippen molar-refractivity contribution in [2.24, 2.45) is 0 Å². The first kappa shape index (κ1) is 10.8. The number of nitrogens with one attached hydrogen (secondary N) is 1. The van der Waals surface area contributed by atoms with E-state index in [1.165, 1.54) is 16.8 Å². The predicted molar refractivity (Wildman–Crippen MR) is 63.4 cm³/mol. The molecule has 0 aliphatic carbocycles. The summed E-state index contributed by atoms with van der Waals surface area (Å²) in [5.41, 5.74) is 4.14. The molecule has 0 unspecified atom stereocenters. The van der Waals surface area contributed by atoms with Gasteiger partial charge in [-0.25, -0.2) is 0 Å². The van der Waals surface area contributed by atoms with Gasteiger partial charge in [0.2, 0.25) is 0 Å². The van der Waals surface area contributed by atoms with Crippen LogP contribution in [-0.2, 0) is 12.8 Å². The molecule has 1 heteroatoms. The van der Waals surface area contributed by atoms with E-state index in [1.807, 2.05) is 13.0 Å². The molecule has 1 heterocycles. The van der Waals surface area contributed by atoms with E-state index in [9.17, 15) is 0 Å². The second-order valence-corrected chi connectivity index (χ2v) is 3.39. The summed E-state index contributed by atoms with van der Waals surface area (Å²) < 4.78 is 0. The molecule has 0 bridgehead atoms. The summed E-state index contributed by atoms with van der Waals surface area (Å²) in [5.74, 6) is 0. The van der Waals surface area contributed by atoms with Crippen LogP contribution in [0, 0.1) is 0 Å². The Labute approximate surface area is 86.5 Å². The zero-order valence-corrected chi connectivity index (χ0v) is 9.14. The molecule has 0 spiro atoms. The lowest BCUT2D eigenvalue weighted by atomic mass is 10.0. The van der Waals surface area contributed by atoms with Gasteiger partial charge in [-0.15, -0.1) is 6.58 Å². The van der Waals surface area contributed by atoms with Crippen molar-refractivity contribution in [1.82, 2.24) is 4.98 Å². The van der Waals surface area contributed by atoms with Gasteiger partial charge >= 0.3 is 0 Å². The van der Waals surface area contributed by atoms with Crippen LogP contribution in [0.5, 0.6) is 0 Å². The standard InChI is InChI=1S/C13H19N/c1-4-7-9-11-10-14-13(8-5-2)12(11)6-3/h4-5,8,10,14H,1,6-7,9H2,2-3H3/b8-5-. The number of hydrogen-bond donors (Lipinski definition) is 1. The van der Waals surface area contributed by atoms with Crippen LogP contribution < -0.4 is 0 Å². The molecule has 0 aliphatic rings. The number of rotatable bonds is 5. The van der Waals surface area contributed by atoms with E-state index in [2.05, 4.69) is 36.8 Å². The van der Waals surface area contributed by atoms with Crippen molar-refractivity contribution < 1.29 is 0 Å². The fourth-order valence-corrected chi connectivity index (χ4v) is 1.73. The normalized spacial score (nSPS) is 11.0. The van der Waals surface area contributed by atoms with Crippen molar-refractivity contribution in [3.05, 3.63) is 41.7 Å². The molecule has 0 aromatic carbocycles. The summed E-state index contributed by atoms with van der Waals surface area (Å²) in [4.78, 5) is 3.31. The molecule has 0 radical (unpaired) electrons. The molecule has 1 aromatic heterocycles. The van der Waals surface area contributed by atoms with E-state index >= 15 is 0 Å². The van der Waals surface area contributed by atoms with Crippen LogP contribution in [0.25, 0.3) is 6.08 Å². The summed E-state index contributed by atoms with van der Waals surface area (Å²) in [6.07, 6.45) is 11.6. The van der Waals surface area contributed by atoms with Crippen LogP contribution in [0.15, 0.2) is 24.9 Å². The first-order valence-electron chi connectivity index (χ1n) is 5.26. The molecule has 0 amide bonds. The fraction of sp³-hybridized carbons (Fsp3) is 0.385. The number of aryl methyl sites for hydroxylation is 1. The van der Waals surface area contributed by atoms with E-state index in [0.717, 1.165) is 19.3 Å². The smallest absolute Gasteiger partial charge is 0.0412 e. The average molecular weight is 189 g/mol. The van der Waals surface area contributed by atoms with Crippen LogP contribution >= 0.6 is 0 Å². The molecular formula is C13H19N. The molecule has 14 heavy (non-hydrogen) atoms. The summed E-state index contributed by atoms with van der Waals surface area (Å²) in [6.45, 7) is 8.00. The minimum Gasteiger partial charge on any atom is -0.361 e. The Morgan fingerprint density at radius 1 is 1.50 bits per heavy atom. The Hall–Kier alpha value is -1.24. The molecular weight excluding hydrogens is 170 g/mol. The van der Waals surface area contributed by atoms with Gasteiger partial charge in [-0.1, -0.05) is 19.1 Å². The van der Waals surface area contributed by atoms with Gasteiger partial charge in [0.05, 0.1) is 0 Å². The number of H-pyrrole nitrogens is 1. The minimum absolute atomic E-state index is 1.06. The van der Waals surface area contributed by atoms with E-state index in [-0.39, 0.29) is 0 Å². The molecule has 0 atom stereocenters. The van der Waals surface area contributed by atoms with Gasteiger partial charge in [-0.2, -0.15) is 0 Å². The summed E-state index contributed by atoms with van der Waals surface area (Å²) in [6, 6.07) is 0. The number of allylic oxidation sites excluding steroid dienone is 2. The Kier molecular flexibility index (Phi) is 4.24. The van der Waals surface area contributed by atoms with Gasteiger partial charge in [0.1, 0.15) is 0 Å². The molecule has 0 aliphatic heterocycles. The van der Waals surface area contributed by atoms with Crippen LogP contribution in [0.2, 0.25) is 0 Å². The average Bonchev–Trinajstić information content (AvgIpc) is 2.58. The van der Waals surface area contributed by atoms with Crippen molar-refractivity contribution in [1.29, 1.82) is 0 Å². The van der Waals surface area contributed by atoms with Crippen molar-refractivity contribution in [2.45, 2.75) is 33.1 Å². The molecule has 1 rings (SSSR count). The number of aromatic amines is 1. The zero-order valence-electron chi connectivity index (χ0n) is 9.14. The van der Waals surface area contributed by atoms with E-state index < -0.39 is 0 Å². The fourth-order valence-electron chi connectivity index (χ4n) is 1.73. The maximum atomic E-state index is 3.75. The van der Waals surface area contributed by atoms with Gasteiger partial charge < -0.3 is 4.98 Å². The highest BCUT2D eigenvalue weighted by molar-refractivity contribution is 5.52. The molecule has 0 saturated carbocycles. The Balaban J connectivity index is 2.88. The van der Waals surface area contributed by atoms with Gasteiger partial charge in [0, 0.05) is 11.9 Å². The topological polar surface area (TPSA) is 15.8 Å². The third-order valence-electron chi connectivity index (χ3n) is 2.42. The quantitative estimate of drug-likeness (QED) is 0.679. The molecule has 76 valence electrons. The van der Waals surface area contributed by atoms with Crippen LogP contribution in [-0.4, -0.2) is 4.98 Å². The van der Waals surface area contributed by atoms with Gasteiger partial charge in [-0.05, 0) is 43.4 Å². The highest BCUT2D eigenvalue weighted by Gasteiger charge is 2.05. The summed E-state index contributed by atoms with van der Waals surface area (Å²) >= 11 is 0. The maximum absolute atomic E-state index is 3.75. The minimum atomic E-state index is 1.06. The largest absolute Gasteiger partial charge is 0.361 e. The summed E-state index contributed by atoms with van der Waals surface area (Å²) in [7, 11) is 0. The predicted octanol–water partition coefficient (Wildman–Crippen LogP) is 3.73. The second kappa shape index (κ2) is 5.48. The van der Waals surface area contributed by atoms with Gasteiger partial charge in [0.25, 0.3) is 0 Å². The van der Waals surface area contributed by atoms with Crippen LogP contribution in [0.4, 0.5) is 0 Å². The van der Waals surface area contributed by atoms with E-state index in [1.54, 1.807) is 0 Å². The maximum Gasteiger partial charge on any atom is 0.0412 e. The van der Waals surface area contributed by atoms with Crippen molar-refractivity contribution >= 4 is 6.08 Å². The van der Waals surface area contributed by atoms with Crippen molar-refractivity contribution in [3.8, 4) is 0 Å². The highest BCUT2D eigenvalue weighted by Crippen LogP contribution is 2.18. The third kappa shape index (κ3) is 2.38. The van der Waals surface area contributed by atoms with Gasteiger partial charge in [-0.3, -0.25) is 0 Å². The lowest BCUT2D eigenvalue weighted by Crippen LogP contribution is -1.89. The molecule has 1 aromatic rings. The Morgan fingerprint density at radius 2 is 2.29 bits per heavy atom. The zero-order chi connectivity index (χ0) is 10.4. The molecule has 0 fully saturated rings. The van der Waals surface area contributed by atoms with Crippen molar-refractivity contribution in [2.75, 3.05) is 0 Å². The first-order chi connectivity index (χ1) is 6.83. The number of hydrogen-bond acceptors (Lipinski definition) is 0. The number of aromatic nitrogens is 1. The highest BCUT2D eigenvalue weighted by atomic mass is 14.7. The lowest BCUT2D eigenvalue weighted by molar-refractivity contribution is 0.972. The third-order valence-corrected chi connectivity index (χ3v) is 2.42. The van der Waals surface area contributed by atoms with Crippen LogP contribution in [0.1, 0.15) is 37.1 Å². The van der Waals surface area contributed by atoms with Crippen LogP contribution in [0.3, 0.4) is 0 Å². The SMILES string of the molecule is C=CCCc1c[nH]c(/C=C\C)c1CC.